The summed E-state index contributed by atoms with van der Waals surface area (Å²) < 4.78 is 18.3. The molecule has 6 heteroatoms. The number of carbonyl (C=O) groups excluding carboxylic acids is 1. The van der Waals surface area contributed by atoms with Crippen molar-refractivity contribution in [2.24, 2.45) is 0 Å². The zero-order valence-corrected chi connectivity index (χ0v) is 12.1. The number of nitrogens with one attached hydrogen (secondary N) is 2. The first kappa shape index (κ1) is 14.7. The van der Waals surface area contributed by atoms with Crippen LogP contribution in [0.4, 0.5) is 4.39 Å². The van der Waals surface area contributed by atoms with Crippen LogP contribution in [0, 0.1) is 5.82 Å². The number of hydrogen-bond acceptors (Lipinski definition) is 4. The third kappa shape index (κ3) is 3.71. The Morgan fingerprint density at radius 2 is 2.05 bits per heavy atom. The third-order valence-electron chi connectivity index (χ3n) is 3.69. The summed E-state index contributed by atoms with van der Waals surface area (Å²) >= 11 is 0. The third-order valence-corrected chi connectivity index (χ3v) is 3.69. The maximum Gasteiger partial charge on any atom is 0.226 e. The van der Waals surface area contributed by atoms with E-state index in [-0.39, 0.29) is 24.2 Å². The molecule has 2 N–H and O–H groups in total. The highest BCUT2D eigenvalue weighted by molar-refractivity contribution is 5.78. The Kier molecular flexibility index (Phi) is 4.48. The van der Waals surface area contributed by atoms with Gasteiger partial charge in [0.25, 0.3) is 0 Å². The molecule has 22 heavy (non-hydrogen) atoms. The van der Waals surface area contributed by atoms with E-state index in [1.165, 1.54) is 18.4 Å². The van der Waals surface area contributed by atoms with Gasteiger partial charge in [0.2, 0.25) is 11.8 Å². The van der Waals surface area contributed by atoms with E-state index in [4.69, 9.17) is 4.42 Å². The van der Waals surface area contributed by atoms with Crippen LogP contribution >= 0.6 is 0 Å². The summed E-state index contributed by atoms with van der Waals surface area (Å²) in [5.41, 5.74) is 1.26. The molecule has 2 aromatic rings. The maximum atomic E-state index is 12.9. The molecular weight excluding hydrogens is 285 g/mol. The Morgan fingerprint density at radius 1 is 1.32 bits per heavy atom. The number of rotatable bonds is 4. The predicted octanol–water partition coefficient (Wildman–Crippen LogP) is 1.89. The highest BCUT2D eigenvalue weighted by Crippen LogP contribution is 2.19. The van der Waals surface area contributed by atoms with E-state index in [9.17, 15) is 9.18 Å². The van der Waals surface area contributed by atoms with Gasteiger partial charge in [-0.25, -0.2) is 9.37 Å². The minimum absolute atomic E-state index is 0.0501. The van der Waals surface area contributed by atoms with Gasteiger partial charge in [0.15, 0.2) is 0 Å². The zero-order chi connectivity index (χ0) is 15.4. The Balaban J connectivity index is 1.59. The fraction of sp³-hybridized carbons (Fsp3) is 0.375. The molecule has 2 heterocycles. The Bertz CT molecular complexity index is 633. The van der Waals surface area contributed by atoms with Crippen molar-refractivity contribution in [3.05, 3.63) is 42.0 Å². The largest absolute Gasteiger partial charge is 0.444 e. The lowest BCUT2D eigenvalue weighted by molar-refractivity contribution is -0.121. The van der Waals surface area contributed by atoms with Gasteiger partial charge >= 0.3 is 0 Å². The van der Waals surface area contributed by atoms with Crippen LogP contribution in [0.3, 0.4) is 0 Å². The molecule has 1 amide bonds. The fourth-order valence-corrected chi connectivity index (χ4v) is 2.52. The van der Waals surface area contributed by atoms with Gasteiger partial charge in [0, 0.05) is 11.6 Å². The zero-order valence-electron chi connectivity index (χ0n) is 12.1. The Hall–Kier alpha value is -2.21. The van der Waals surface area contributed by atoms with Crippen LogP contribution in [-0.4, -0.2) is 30.0 Å². The monoisotopic (exact) mass is 303 g/mol. The Morgan fingerprint density at radius 3 is 2.77 bits per heavy atom. The summed E-state index contributed by atoms with van der Waals surface area (Å²) in [5, 5.41) is 6.27. The average molecular weight is 303 g/mol. The quantitative estimate of drug-likeness (QED) is 0.905. The second kappa shape index (κ2) is 6.70. The van der Waals surface area contributed by atoms with E-state index in [0.29, 0.717) is 17.1 Å². The molecule has 3 rings (SSSR count). The number of amides is 1. The summed E-state index contributed by atoms with van der Waals surface area (Å²) in [6, 6.07) is 6.13. The number of oxazole rings is 1. The SMILES string of the molecule is O=C(Cc1coc(-c2ccc(F)cc2)n1)NC1CCNCC1. The van der Waals surface area contributed by atoms with E-state index < -0.39 is 0 Å². The van der Waals surface area contributed by atoms with Gasteiger partial charge in [-0.2, -0.15) is 0 Å². The molecule has 1 aromatic heterocycles. The van der Waals surface area contributed by atoms with Crippen LogP contribution in [0.1, 0.15) is 18.5 Å². The van der Waals surface area contributed by atoms with Crippen molar-refractivity contribution in [2.75, 3.05) is 13.1 Å². The lowest BCUT2D eigenvalue weighted by Crippen LogP contribution is -2.43. The molecule has 0 radical (unpaired) electrons. The van der Waals surface area contributed by atoms with Gasteiger partial charge in [-0.15, -0.1) is 0 Å². The first-order chi connectivity index (χ1) is 10.7. The van der Waals surface area contributed by atoms with Crippen molar-refractivity contribution in [1.82, 2.24) is 15.6 Å². The molecule has 0 atom stereocenters. The minimum atomic E-state index is -0.308. The molecule has 0 unspecified atom stereocenters. The van der Waals surface area contributed by atoms with Gasteiger partial charge in [-0.05, 0) is 50.2 Å². The molecule has 0 aliphatic carbocycles. The van der Waals surface area contributed by atoms with Crippen LogP contribution in [0.25, 0.3) is 11.5 Å². The van der Waals surface area contributed by atoms with E-state index in [1.807, 2.05) is 0 Å². The normalized spacial score (nSPS) is 15.7. The number of benzene rings is 1. The highest BCUT2D eigenvalue weighted by Gasteiger charge is 2.17. The molecule has 1 aromatic carbocycles. The molecule has 116 valence electrons. The average Bonchev–Trinajstić information content (AvgIpc) is 2.97. The van der Waals surface area contributed by atoms with Crippen LogP contribution in [0.5, 0.6) is 0 Å². The molecule has 1 aliphatic rings. The van der Waals surface area contributed by atoms with Gasteiger partial charge in [-0.1, -0.05) is 0 Å². The molecule has 5 nitrogen and oxygen atoms in total. The molecule has 1 fully saturated rings. The standard InChI is InChI=1S/C16H18FN3O2/c17-12-3-1-11(2-4-12)16-20-14(10-22-16)9-15(21)19-13-5-7-18-8-6-13/h1-4,10,13,18H,5-9H2,(H,19,21). The first-order valence-corrected chi connectivity index (χ1v) is 7.41. The molecular formula is C16H18FN3O2. The van der Waals surface area contributed by atoms with Crippen molar-refractivity contribution >= 4 is 5.91 Å². The summed E-state index contributed by atoms with van der Waals surface area (Å²) in [4.78, 5) is 16.3. The molecule has 0 spiro atoms. The highest BCUT2D eigenvalue weighted by atomic mass is 19.1. The maximum absolute atomic E-state index is 12.9. The molecule has 0 saturated carbocycles. The Labute approximate surface area is 127 Å². The lowest BCUT2D eigenvalue weighted by Gasteiger charge is -2.23. The van der Waals surface area contributed by atoms with Gasteiger partial charge in [0.1, 0.15) is 12.1 Å². The predicted molar refractivity (Wildman–Crippen MR) is 79.6 cm³/mol. The summed E-state index contributed by atoms with van der Waals surface area (Å²) in [7, 11) is 0. The van der Waals surface area contributed by atoms with Crippen LogP contribution in [0.15, 0.2) is 34.9 Å². The lowest BCUT2D eigenvalue weighted by atomic mass is 10.1. The van der Waals surface area contributed by atoms with Crippen molar-refractivity contribution in [3.8, 4) is 11.5 Å². The summed E-state index contributed by atoms with van der Waals surface area (Å²) in [6.07, 6.45) is 3.56. The number of piperidine rings is 1. The summed E-state index contributed by atoms with van der Waals surface area (Å²) in [6.45, 7) is 1.87. The van der Waals surface area contributed by atoms with Crippen LogP contribution < -0.4 is 10.6 Å². The first-order valence-electron chi connectivity index (χ1n) is 7.41. The van der Waals surface area contributed by atoms with Gasteiger partial charge in [-0.3, -0.25) is 4.79 Å². The van der Waals surface area contributed by atoms with Crippen molar-refractivity contribution in [3.63, 3.8) is 0 Å². The van der Waals surface area contributed by atoms with E-state index >= 15 is 0 Å². The number of halogens is 1. The number of carbonyl (C=O) groups is 1. The topological polar surface area (TPSA) is 67.2 Å². The van der Waals surface area contributed by atoms with E-state index in [2.05, 4.69) is 15.6 Å². The van der Waals surface area contributed by atoms with Crippen molar-refractivity contribution in [2.45, 2.75) is 25.3 Å². The summed E-state index contributed by atoms with van der Waals surface area (Å²) in [5.74, 6) is 0.0346. The van der Waals surface area contributed by atoms with Crippen LogP contribution in [-0.2, 0) is 11.2 Å². The van der Waals surface area contributed by atoms with Crippen molar-refractivity contribution in [1.29, 1.82) is 0 Å². The molecule has 1 aliphatic heterocycles. The smallest absolute Gasteiger partial charge is 0.226 e. The van der Waals surface area contributed by atoms with E-state index in [0.717, 1.165) is 25.9 Å². The van der Waals surface area contributed by atoms with Crippen molar-refractivity contribution < 1.29 is 13.6 Å². The van der Waals surface area contributed by atoms with E-state index in [1.54, 1.807) is 12.1 Å². The van der Waals surface area contributed by atoms with Gasteiger partial charge in [0.05, 0.1) is 12.1 Å². The fourth-order valence-electron chi connectivity index (χ4n) is 2.52. The van der Waals surface area contributed by atoms with Crippen LogP contribution in [0.2, 0.25) is 0 Å². The second-order valence-corrected chi connectivity index (χ2v) is 5.42. The molecule has 1 saturated heterocycles. The minimum Gasteiger partial charge on any atom is -0.444 e. The number of aromatic nitrogens is 1. The number of nitrogens with zero attached hydrogens (tertiary/aromatic N) is 1. The number of hydrogen-bond donors (Lipinski definition) is 2. The van der Waals surface area contributed by atoms with Gasteiger partial charge < -0.3 is 15.1 Å². The second-order valence-electron chi connectivity index (χ2n) is 5.42. The molecule has 0 bridgehead atoms.